The van der Waals surface area contributed by atoms with Crippen molar-refractivity contribution in [2.45, 2.75) is 27.7 Å². The topological polar surface area (TPSA) is 80.5 Å². The third-order valence-electron chi connectivity index (χ3n) is 3.39. The number of aromatic nitrogens is 5. The predicted molar refractivity (Wildman–Crippen MR) is 83.6 cm³/mol. The molecule has 0 saturated carbocycles. The Morgan fingerprint density at radius 1 is 1.10 bits per heavy atom. The molecule has 0 amide bonds. The summed E-state index contributed by atoms with van der Waals surface area (Å²) in [6.45, 7) is 10.2. The van der Waals surface area contributed by atoms with Crippen LogP contribution in [-0.4, -0.2) is 37.8 Å². The Morgan fingerprint density at radius 2 is 1.81 bits per heavy atom. The van der Waals surface area contributed by atoms with E-state index >= 15 is 0 Å². The van der Waals surface area contributed by atoms with E-state index in [-0.39, 0.29) is 0 Å². The van der Waals surface area contributed by atoms with Crippen LogP contribution in [0.2, 0.25) is 0 Å². The number of hydrogen-bond donors (Lipinski definition) is 2. The van der Waals surface area contributed by atoms with Crippen LogP contribution < -0.4 is 10.6 Å². The molecule has 2 aromatic heterocycles. The van der Waals surface area contributed by atoms with Gasteiger partial charge in [0.1, 0.15) is 0 Å². The number of hydrogen-bond acceptors (Lipinski definition) is 6. The van der Waals surface area contributed by atoms with Gasteiger partial charge in [-0.1, -0.05) is 20.8 Å². The lowest BCUT2D eigenvalue weighted by Gasteiger charge is -2.16. The Morgan fingerprint density at radius 3 is 2.38 bits per heavy atom. The van der Waals surface area contributed by atoms with E-state index in [9.17, 15) is 0 Å². The zero-order valence-electron chi connectivity index (χ0n) is 13.0. The minimum Gasteiger partial charge on any atom is -0.354 e. The highest BCUT2D eigenvalue weighted by molar-refractivity contribution is 5.37. The van der Waals surface area contributed by atoms with Crippen molar-refractivity contribution in [3.05, 3.63) is 18.5 Å². The first-order valence-corrected chi connectivity index (χ1v) is 7.34. The maximum atomic E-state index is 4.42. The van der Waals surface area contributed by atoms with Crippen LogP contribution in [0.1, 0.15) is 27.7 Å². The molecule has 2 heterocycles. The quantitative estimate of drug-likeness (QED) is 0.813. The standard InChI is InChI=1S/C14H23N7/c1-5-15-12-18-13(16-9-11(4)10(2)3)20-14(19-12)21-8-6-7-17-21/h6-8,10-11H,5,9H2,1-4H3,(H2,15,16,18,19,20). The van der Waals surface area contributed by atoms with Crippen molar-refractivity contribution >= 4 is 11.9 Å². The number of nitrogens with zero attached hydrogens (tertiary/aromatic N) is 5. The fourth-order valence-electron chi connectivity index (χ4n) is 1.66. The van der Waals surface area contributed by atoms with Gasteiger partial charge in [-0.05, 0) is 24.8 Å². The first-order chi connectivity index (χ1) is 10.1. The summed E-state index contributed by atoms with van der Waals surface area (Å²) in [6, 6.07) is 1.84. The van der Waals surface area contributed by atoms with Gasteiger partial charge in [-0.3, -0.25) is 0 Å². The summed E-state index contributed by atoms with van der Waals surface area (Å²) in [6.07, 6.45) is 3.51. The summed E-state index contributed by atoms with van der Waals surface area (Å²) < 4.78 is 1.62. The second-order valence-corrected chi connectivity index (χ2v) is 5.37. The molecule has 0 fully saturated rings. The summed E-state index contributed by atoms with van der Waals surface area (Å²) in [5.41, 5.74) is 0. The summed E-state index contributed by atoms with van der Waals surface area (Å²) in [5, 5.41) is 10.6. The van der Waals surface area contributed by atoms with Crippen LogP contribution in [0.15, 0.2) is 18.5 Å². The lowest BCUT2D eigenvalue weighted by molar-refractivity contribution is 0.439. The molecule has 114 valence electrons. The minimum absolute atomic E-state index is 0.505. The molecule has 7 heteroatoms. The van der Waals surface area contributed by atoms with Gasteiger partial charge >= 0.3 is 0 Å². The van der Waals surface area contributed by atoms with Crippen molar-refractivity contribution in [2.75, 3.05) is 23.7 Å². The highest BCUT2D eigenvalue weighted by atomic mass is 15.4. The van der Waals surface area contributed by atoms with Crippen molar-refractivity contribution in [3.8, 4) is 5.95 Å². The molecular weight excluding hydrogens is 266 g/mol. The van der Waals surface area contributed by atoms with Crippen molar-refractivity contribution in [2.24, 2.45) is 11.8 Å². The molecule has 0 spiro atoms. The SMILES string of the molecule is CCNc1nc(NCC(C)C(C)C)nc(-n2cccn2)n1. The molecule has 0 radical (unpaired) electrons. The molecule has 7 nitrogen and oxygen atoms in total. The van der Waals surface area contributed by atoms with Crippen LogP contribution in [0, 0.1) is 11.8 Å². The van der Waals surface area contributed by atoms with Crippen LogP contribution >= 0.6 is 0 Å². The second-order valence-electron chi connectivity index (χ2n) is 5.37. The molecule has 0 aliphatic rings. The van der Waals surface area contributed by atoms with E-state index in [4.69, 9.17) is 0 Å². The van der Waals surface area contributed by atoms with Crippen molar-refractivity contribution < 1.29 is 0 Å². The van der Waals surface area contributed by atoms with Gasteiger partial charge < -0.3 is 10.6 Å². The molecule has 1 unspecified atom stereocenters. The molecule has 0 aliphatic carbocycles. The Bertz CT molecular complexity index is 550. The lowest BCUT2D eigenvalue weighted by atomic mass is 9.98. The maximum Gasteiger partial charge on any atom is 0.257 e. The lowest BCUT2D eigenvalue weighted by Crippen LogP contribution is -2.19. The monoisotopic (exact) mass is 289 g/mol. The highest BCUT2D eigenvalue weighted by Gasteiger charge is 2.11. The summed E-state index contributed by atoms with van der Waals surface area (Å²) in [4.78, 5) is 13.2. The zero-order chi connectivity index (χ0) is 15.2. The van der Waals surface area contributed by atoms with Crippen LogP contribution in [-0.2, 0) is 0 Å². The highest BCUT2D eigenvalue weighted by Crippen LogP contribution is 2.12. The van der Waals surface area contributed by atoms with E-state index in [1.54, 1.807) is 10.9 Å². The van der Waals surface area contributed by atoms with Gasteiger partial charge in [0.05, 0.1) is 0 Å². The van der Waals surface area contributed by atoms with Crippen molar-refractivity contribution in [3.63, 3.8) is 0 Å². The van der Waals surface area contributed by atoms with Crippen LogP contribution in [0.5, 0.6) is 0 Å². The molecule has 0 aliphatic heterocycles. The predicted octanol–water partition coefficient (Wildman–Crippen LogP) is 2.19. The summed E-state index contributed by atoms with van der Waals surface area (Å²) in [5.74, 6) is 2.78. The molecule has 21 heavy (non-hydrogen) atoms. The Kier molecular flexibility index (Phi) is 5.08. The fourth-order valence-corrected chi connectivity index (χ4v) is 1.66. The normalized spacial score (nSPS) is 12.4. The van der Waals surface area contributed by atoms with Gasteiger partial charge in [0, 0.05) is 25.5 Å². The van der Waals surface area contributed by atoms with Gasteiger partial charge in [0.25, 0.3) is 5.95 Å². The van der Waals surface area contributed by atoms with E-state index in [0.717, 1.165) is 13.1 Å². The first kappa shape index (κ1) is 15.2. The van der Waals surface area contributed by atoms with E-state index in [1.807, 2.05) is 19.2 Å². The third-order valence-corrected chi connectivity index (χ3v) is 3.39. The second kappa shape index (κ2) is 7.01. The number of rotatable bonds is 7. The number of anilines is 2. The van der Waals surface area contributed by atoms with Crippen LogP contribution in [0.3, 0.4) is 0 Å². The number of nitrogens with one attached hydrogen (secondary N) is 2. The molecule has 0 bridgehead atoms. The van der Waals surface area contributed by atoms with Crippen LogP contribution in [0.25, 0.3) is 5.95 Å². The van der Waals surface area contributed by atoms with Gasteiger partial charge in [-0.25, -0.2) is 4.68 Å². The van der Waals surface area contributed by atoms with Gasteiger partial charge in [-0.2, -0.15) is 20.1 Å². The Hall–Kier alpha value is -2.18. The van der Waals surface area contributed by atoms with Gasteiger partial charge in [0.15, 0.2) is 0 Å². The van der Waals surface area contributed by atoms with Gasteiger partial charge in [-0.15, -0.1) is 0 Å². The third kappa shape index (κ3) is 4.14. The average molecular weight is 289 g/mol. The largest absolute Gasteiger partial charge is 0.354 e. The average Bonchev–Trinajstić information content (AvgIpc) is 2.99. The van der Waals surface area contributed by atoms with Crippen LogP contribution in [0.4, 0.5) is 11.9 Å². The van der Waals surface area contributed by atoms with E-state index in [0.29, 0.717) is 29.7 Å². The Labute approximate surface area is 125 Å². The van der Waals surface area contributed by atoms with Gasteiger partial charge in [0.2, 0.25) is 11.9 Å². The zero-order valence-corrected chi connectivity index (χ0v) is 13.0. The Balaban J connectivity index is 2.19. The minimum atomic E-state index is 0.505. The molecule has 2 N–H and O–H groups in total. The molecule has 2 rings (SSSR count). The molecule has 2 aromatic rings. The van der Waals surface area contributed by atoms with E-state index in [1.165, 1.54) is 0 Å². The molecule has 0 aromatic carbocycles. The molecular formula is C14H23N7. The van der Waals surface area contributed by atoms with Crippen molar-refractivity contribution in [1.29, 1.82) is 0 Å². The smallest absolute Gasteiger partial charge is 0.257 e. The van der Waals surface area contributed by atoms with Crippen molar-refractivity contribution in [1.82, 2.24) is 24.7 Å². The molecule has 0 saturated heterocycles. The maximum absolute atomic E-state index is 4.42. The van der Waals surface area contributed by atoms with E-state index in [2.05, 4.69) is 51.5 Å². The fraction of sp³-hybridized carbons (Fsp3) is 0.571. The molecule has 1 atom stereocenters. The first-order valence-electron chi connectivity index (χ1n) is 7.34. The van der Waals surface area contributed by atoms with E-state index < -0.39 is 0 Å². The summed E-state index contributed by atoms with van der Waals surface area (Å²) >= 11 is 0. The summed E-state index contributed by atoms with van der Waals surface area (Å²) in [7, 11) is 0.